The summed E-state index contributed by atoms with van der Waals surface area (Å²) in [6.07, 6.45) is 12.7. The van der Waals surface area contributed by atoms with Gasteiger partial charge in [-0.05, 0) is 37.1 Å². The minimum atomic E-state index is -0.780. The number of pyridine rings is 1. The van der Waals surface area contributed by atoms with Crippen molar-refractivity contribution < 1.29 is 10.0 Å². The number of primary amides is 1. The molecule has 0 saturated carbocycles. The van der Waals surface area contributed by atoms with Gasteiger partial charge < -0.3 is 10.3 Å². The van der Waals surface area contributed by atoms with Crippen molar-refractivity contribution in [2.45, 2.75) is 57.9 Å². The summed E-state index contributed by atoms with van der Waals surface area (Å²) in [6.45, 7) is 1.33. The van der Waals surface area contributed by atoms with Crippen LogP contribution in [0.4, 0.5) is 4.79 Å². The number of hydrogen-bond acceptors (Lipinski definition) is 3. The van der Waals surface area contributed by atoms with Crippen LogP contribution in [0, 0.1) is 0 Å². The Morgan fingerprint density at radius 3 is 2.37 bits per heavy atom. The predicted molar refractivity (Wildman–Crippen MR) is 120 cm³/mol. The number of aryl methyl sites for hydroxylation is 1. The summed E-state index contributed by atoms with van der Waals surface area (Å²) < 4.78 is 2.42. The summed E-state index contributed by atoms with van der Waals surface area (Å²) in [5.74, 6) is 0. The highest BCUT2D eigenvalue weighted by atomic mass is 16.5. The van der Waals surface area contributed by atoms with Crippen molar-refractivity contribution in [1.29, 1.82) is 0 Å². The molecule has 3 rings (SSSR count). The van der Waals surface area contributed by atoms with Gasteiger partial charge >= 0.3 is 6.03 Å². The Labute approximate surface area is 178 Å². The highest BCUT2D eigenvalue weighted by molar-refractivity contribution is 5.86. The highest BCUT2D eigenvalue weighted by Crippen LogP contribution is 2.28. The average molecular weight is 409 g/mol. The molecule has 6 nitrogen and oxygen atoms in total. The van der Waals surface area contributed by atoms with E-state index in [0.717, 1.165) is 37.8 Å². The van der Waals surface area contributed by atoms with Gasteiger partial charge in [-0.2, -0.15) is 0 Å². The SMILES string of the molecule is NC(=O)N(O)CCCCCCCCCCn1c(-c2cccnc2)cc2ccccc21. The number of amides is 2. The van der Waals surface area contributed by atoms with Crippen molar-refractivity contribution in [1.82, 2.24) is 14.6 Å². The van der Waals surface area contributed by atoms with E-state index in [-0.39, 0.29) is 0 Å². The number of hydroxylamine groups is 2. The number of carbonyl (C=O) groups is 1. The topological polar surface area (TPSA) is 84.4 Å². The standard InChI is InChI=1S/C24H32N4O2/c25-24(29)28(30)17-10-6-4-2-1-3-5-9-16-27-22-14-8-7-12-20(22)18-23(27)21-13-11-15-26-19-21/h7-8,11-15,18-19,30H,1-6,9-10,16-17H2,(H2,25,29). The van der Waals surface area contributed by atoms with Gasteiger partial charge in [-0.25, -0.2) is 9.86 Å². The number of benzene rings is 1. The smallest absolute Gasteiger partial charge is 0.338 e. The number of nitrogens with two attached hydrogens (primary N) is 1. The lowest BCUT2D eigenvalue weighted by Gasteiger charge is -2.11. The second-order valence-electron chi connectivity index (χ2n) is 7.77. The Morgan fingerprint density at radius 1 is 0.967 bits per heavy atom. The van der Waals surface area contributed by atoms with Crippen LogP contribution in [0.25, 0.3) is 22.2 Å². The van der Waals surface area contributed by atoms with Crippen molar-refractivity contribution in [3.63, 3.8) is 0 Å². The fourth-order valence-electron chi connectivity index (χ4n) is 3.91. The molecule has 0 spiro atoms. The van der Waals surface area contributed by atoms with Crippen LogP contribution in [-0.4, -0.2) is 32.4 Å². The van der Waals surface area contributed by atoms with E-state index < -0.39 is 6.03 Å². The molecular weight excluding hydrogens is 376 g/mol. The van der Waals surface area contributed by atoms with E-state index >= 15 is 0 Å². The van der Waals surface area contributed by atoms with E-state index in [1.807, 2.05) is 18.5 Å². The van der Waals surface area contributed by atoms with Crippen LogP contribution in [0.1, 0.15) is 51.4 Å². The molecule has 0 aliphatic heterocycles. The first-order valence-electron chi connectivity index (χ1n) is 10.9. The molecule has 0 aliphatic rings. The molecule has 0 saturated heterocycles. The van der Waals surface area contributed by atoms with Crippen molar-refractivity contribution in [3.05, 3.63) is 54.9 Å². The third kappa shape index (κ3) is 6.07. The zero-order chi connectivity index (χ0) is 21.2. The molecule has 30 heavy (non-hydrogen) atoms. The van der Waals surface area contributed by atoms with Crippen LogP contribution in [0.2, 0.25) is 0 Å². The first kappa shape index (κ1) is 21.8. The number of urea groups is 1. The summed E-state index contributed by atoms with van der Waals surface area (Å²) in [5, 5.41) is 11.1. The Hall–Kier alpha value is -2.86. The summed E-state index contributed by atoms with van der Waals surface area (Å²) in [5.41, 5.74) is 8.66. The normalized spacial score (nSPS) is 11.1. The van der Waals surface area contributed by atoms with E-state index in [9.17, 15) is 10.0 Å². The fourth-order valence-corrected chi connectivity index (χ4v) is 3.91. The second kappa shape index (κ2) is 11.4. The van der Waals surface area contributed by atoms with Gasteiger partial charge in [0.2, 0.25) is 0 Å². The fraction of sp³-hybridized carbons (Fsp3) is 0.417. The minimum absolute atomic E-state index is 0.319. The average Bonchev–Trinajstić information content (AvgIpc) is 3.14. The van der Waals surface area contributed by atoms with Crippen molar-refractivity contribution in [2.24, 2.45) is 5.73 Å². The first-order chi connectivity index (χ1) is 14.7. The van der Waals surface area contributed by atoms with Crippen LogP contribution in [0.3, 0.4) is 0 Å². The van der Waals surface area contributed by atoms with Crippen molar-refractivity contribution >= 4 is 16.9 Å². The van der Waals surface area contributed by atoms with Gasteiger partial charge in [0, 0.05) is 35.4 Å². The molecule has 2 amide bonds. The molecule has 1 aromatic carbocycles. The first-order valence-corrected chi connectivity index (χ1v) is 10.9. The number of fused-ring (bicyclic) bond motifs is 1. The van der Waals surface area contributed by atoms with Crippen molar-refractivity contribution in [2.75, 3.05) is 6.54 Å². The van der Waals surface area contributed by atoms with Crippen LogP contribution in [-0.2, 0) is 6.54 Å². The summed E-state index contributed by atoms with van der Waals surface area (Å²) in [6, 6.07) is 14.2. The minimum Gasteiger partial charge on any atom is -0.350 e. The molecule has 2 heterocycles. The lowest BCUT2D eigenvalue weighted by Crippen LogP contribution is -2.33. The maximum atomic E-state index is 10.7. The number of hydrogen-bond donors (Lipinski definition) is 2. The maximum Gasteiger partial charge on any atom is 0.338 e. The Kier molecular flexibility index (Phi) is 8.27. The number of aromatic nitrogens is 2. The summed E-state index contributed by atoms with van der Waals surface area (Å²) in [7, 11) is 0. The van der Waals surface area contributed by atoms with Crippen LogP contribution >= 0.6 is 0 Å². The number of unbranched alkanes of at least 4 members (excludes halogenated alkanes) is 7. The molecule has 160 valence electrons. The van der Waals surface area contributed by atoms with Gasteiger partial charge in [-0.1, -0.05) is 56.7 Å². The van der Waals surface area contributed by atoms with Gasteiger partial charge in [0.1, 0.15) is 0 Å². The molecule has 3 N–H and O–H groups in total. The van der Waals surface area contributed by atoms with E-state index in [0.29, 0.717) is 11.6 Å². The molecule has 0 aliphatic carbocycles. The van der Waals surface area contributed by atoms with E-state index in [2.05, 4.69) is 45.9 Å². The monoisotopic (exact) mass is 408 g/mol. The third-order valence-electron chi connectivity index (χ3n) is 5.52. The zero-order valence-corrected chi connectivity index (χ0v) is 17.5. The Bertz CT molecular complexity index is 923. The summed E-state index contributed by atoms with van der Waals surface area (Å²) >= 11 is 0. The van der Waals surface area contributed by atoms with Crippen LogP contribution in [0.15, 0.2) is 54.9 Å². The van der Waals surface area contributed by atoms with Crippen LogP contribution in [0.5, 0.6) is 0 Å². The molecule has 3 aromatic rings. The number of carbonyl (C=O) groups excluding carboxylic acids is 1. The Morgan fingerprint density at radius 2 is 1.67 bits per heavy atom. The van der Waals surface area contributed by atoms with Gasteiger partial charge in [0.25, 0.3) is 0 Å². The highest BCUT2D eigenvalue weighted by Gasteiger charge is 2.10. The van der Waals surface area contributed by atoms with Gasteiger partial charge in [-0.3, -0.25) is 10.2 Å². The van der Waals surface area contributed by atoms with Crippen molar-refractivity contribution in [3.8, 4) is 11.3 Å². The molecule has 0 unspecified atom stereocenters. The zero-order valence-electron chi connectivity index (χ0n) is 17.5. The third-order valence-corrected chi connectivity index (χ3v) is 5.52. The van der Waals surface area contributed by atoms with Gasteiger partial charge in [-0.15, -0.1) is 0 Å². The molecule has 0 radical (unpaired) electrons. The Balaban J connectivity index is 1.41. The number of rotatable bonds is 12. The van der Waals surface area contributed by atoms with E-state index in [1.165, 1.54) is 42.3 Å². The predicted octanol–water partition coefficient (Wildman–Crippen LogP) is 5.59. The molecule has 0 bridgehead atoms. The van der Waals surface area contributed by atoms with E-state index in [1.54, 1.807) is 0 Å². The lowest BCUT2D eigenvalue weighted by atomic mass is 10.1. The summed E-state index contributed by atoms with van der Waals surface area (Å²) in [4.78, 5) is 15.0. The lowest BCUT2D eigenvalue weighted by molar-refractivity contribution is -0.0403. The van der Waals surface area contributed by atoms with Crippen LogP contribution < -0.4 is 5.73 Å². The maximum absolute atomic E-state index is 10.7. The largest absolute Gasteiger partial charge is 0.350 e. The van der Waals surface area contributed by atoms with E-state index in [4.69, 9.17) is 5.73 Å². The molecule has 0 fully saturated rings. The van der Waals surface area contributed by atoms with Gasteiger partial charge in [0.15, 0.2) is 0 Å². The molecule has 0 atom stereocenters. The molecule has 2 aromatic heterocycles. The second-order valence-corrected chi connectivity index (χ2v) is 7.77. The van der Waals surface area contributed by atoms with Gasteiger partial charge in [0.05, 0.1) is 12.2 Å². The number of nitrogens with zero attached hydrogens (tertiary/aromatic N) is 3. The molecular formula is C24H32N4O2. The quantitative estimate of drug-likeness (QED) is 0.233. The molecule has 6 heteroatoms. The number of para-hydroxylation sites is 1.